The molecule has 2 atom stereocenters. The van der Waals surface area contributed by atoms with Crippen molar-refractivity contribution in [2.24, 2.45) is 17.6 Å². The van der Waals surface area contributed by atoms with Gasteiger partial charge in [-0.15, -0.1) is 0 Å². The molecule has 2 aliphatic rings. The molecule has 0 aromatic heterocycles. The maximum Gasteiger partial charge on any atom is 0.0153 e. The lowest BCUT2D eigenvalue weighted by Gasteiger charge is -2.34. The average molecular weight is 224 g/mol. The van der Waals surface area contributed by atoms with E-state index >= 15 is 0 Å². The molecule has 2 rings (SSSR count). The van der Waals surface area contributed by atoms with Crippen molar-refractivity contribution in [3.05, 3.63) is 0 Å². The summed E-state index contributed by atoms with van der Waals surface area (Å²) in [5.41, 5.74) is 6.32. The number of nitrogens with two attached hydrogens (primary N) is 1. The summed E-state index contributed by atoms with van der Waals surface area (Å²) in [5.74, 6) is 1.63. The predicted molar refractivity (Wildman–Crippen MR) is 69.4 cm³/mol. The van der Waals surface area contributed by atoms with Crippen LogP contribution in [0.25, 0.3) is 0 Å². The molecule has 0 spiro atoms. The van der Waals surface area contributed by atoms with Gasteiger partial charge in [-0.1, -0.05) is 25.7 Å². The van der Waals surface area contributed by atoms with E-state index in [9.17, 15) is 0 Å². The van der Waals surface area contributed by atoms with Crippen molar-refractivity contribution in [1.82, 2.24) is 5.32 Å². The van der Waals surface area contributed by atoms with Gasteiger partial charge in [0.15, 0.2) is 0 Å². The van der Waals surface area contributed by atoms with Crippen LogP contribution in [-0.4, -0.2) is 18.6 Å². The standard InChI is InChI=1S/C14H28N2/c1-14(8-4-5-9-14)16-11-13-7-3-2-6-12(13)10-15/h12-13,16H,2-11,15H2,1H3. The molecule has 2 heteroatoms. The third-order valence-electron chi connectivity index (χ3n) is 4.87. The van der Waals surface area contributed by atoms with Crippen LogP contribution in [0.4, 0.5) is 0 Å². The first-order valence-electron chi connectivity index (χ1n) is 7.19. The lowest BCUT2D eigenvalue weighted by Crippen LogP contribution is -2.44. The zero-order chi connectivity index (χ0) is 11.4. The van der Waals surface area contributed by atoms with Gasteiger partial charge in [-0.2, -0.15) is 0 Å². The molecule has 94 valence electrons. The Morgan fingerprint density at radius 2 is 1.69 bits per heavy atom. The number of rotatable bonds is 4. The summed E-state index contributed by atoms with van der Waals surface area (Å²) in [4.78, 5) is 0. The molecular weight excluding hydrogens is 196 g/mol. The monoisotopic (exact) mass is 224 g/mol. The topological polar surface area (TPSA) is 38.0 Å². The Morgan fingerprint density at radius 1 is 1.06 bits per heavy atom. The van der Waals surface area contributed by atoms with E-state index in [0.717, 1.165) is 18.4 Å². The minimum absolute atomic E-state index is 0.441. The minimum atomic E-state index is 0.441. The molecule has 3 N–H and O–H groups in total. The summed E-state index contributed by atoms with van der Waals surface area (Å²) in [6.45, 7) is 4.50. The van der Waals surface area contributed by atoms with E-state index in [0.29, 0.717) is 5.54 Å². The van der Waals surface area contributed by atoms with Gasteiger partial charge in [0.25, 0.3) is 0 Å². The molecule has 0 aromatic rings. The zero-order valence-electron chi connectivity index (χ0n) is 10.8. The van der Waals surface area contributed by atoms with E-state index in [1.54, 1.807) is 0 Å². The predicted octanol–water partition coefficient (Wildman–Crippen LogP) is 2.67. The first kappa shape index (κ1) is 12.4. The van der Waals surface area contributed by atoms with Crippen molar-refractivity contribution in [1.29, 1.82) is 0 Å². The molecule has 0 bridgehead atoms. The van der Waals surface area contributed by atoms with Gasteiger partial charge in [-0.3, -0.25) is 0 Å². The van der Waals surface area contributed by atoms with Crippen LogP contribution < -0.4 is 11.1 Å². The Labute approximate surface area is 100 Å². The molecule has 0 amide bonds. The van der Waals surface area contributed by atoms with Crippen LogP contribution in [0, 0.1) is 11.8 Å². The van der Waals surface area contributed by atoms with Crippen LogP contribution in [0.2, 0.25) is 0 Å². The average Bonchev–Trinajstić information content (AvgIpc) is 2.74. The lowest BCUT2D eigenvalue weighted by atomic mass is 9.79. The summed E-state index contributed by atoms with van der Waals surface area (Å²) < 4.78 is 0. The summed E-state index contributed by atoms with van der Waals surface area (Å²) in [6.07, 6.45) is 11.1. The van der Waals surface area contributed by atoms with Crippen LogP contribution in [0.15, 0.2) is 0 Å². The highest BCUT2D eigenvalue weighted by molar-refractivity contribution is 4.90. The van der Waals surface area contributed by atoms with Gasteiger partial charge >= 0.3 is 0 Å². The highest BCUT2D eigenvalue weighted by Gasteiger charge is 2.30. The van der Waals surface area contributed by atoms with Crippen LogP contribution in [-0.2, 0) is 0 Å². The largest absolute Gasteiger partial charge is 0.330 e. The molecule has 0 aliphatic heterocycles. The normalized spacial score (nSPS) is 34.1. The summed E-state index contributed by atoms with van der Waals surface area (Å²) in [7, 11) is 0. The number of nitrogens with one attached hydrogen (secondary N) is 1. The zero-order valence-corrected chi connectivity index (χ0v) is 10.8. The molecule has 2 unspecified atom stereocenters. The summed E-state index contributed by atoms with van der Waals surface area (Å²) >= 11 is 0. The minimum Gasteiger partial charge on any atom is -0.330 e. The molecule has 0 heterocycles. The molecule has 2 saturated carbocycles. The third kappa shape index (κ3) is 2.98. The van der Waals surface area contributed by atoms with Gasteiger partial charge in [0.1, 0.15) is 0 Å². The van der Waals surface area contributed by atoms with Crippen LogP contribution in [0.1, 0.15) is 58.3 Å². The molecule has 16 heavy (non-hydrogen) atoms. The van der Waals surface area contributed by atoms with Crippen molar-refractivity contribution in [2.75, 3.05) is 13.1 Å². The Morgan fingerprint density at radius 3 is 2.31 bits per heavy atom. The Balaban J connectivity index is 1.79. The van der Waals surface area contributed by atoms with Crippen molar-refractivity contribution in [2.45, 2.75) is 63.8 Å². The third-order valence-corrected chi connectivity index (χ3v) is 4.87. The van der Waals surface area contributed by atoms with E-state index < -0.39 is 0 Å². The highest BCUT2D eigenvalue weighted by atomic mass is 15.0. The second kappa shape index (κ2) is 5.50. The number of hydrogen-bond acceptors (Lipinski definition) is 2. The SMILES string of the molecule is CC1(NCC2CCCCC2CN)CCCC1. The first-order valence-corrected chi connectivity index (χ1v) is 7.19. The summed E-state index contributed by atoms with van der Waals surface area (Å²) in [6, 6.07) is 0. The van der Waals surface area contributed by atoms with Crippen molar-refractivity contribution < 1.29 is 0 Å². The fourth-order valence-corrected chi connectivity index (χ4v) is 3.57. The van der Waals surface area contributed by atoms with Crippen molar-refractivity contribution in [3.8, 4) is 0 Å². The second-order valence-electron chi connectivity index (χ2n) is 6.19. The van der Waals surface area contributed by atoms with Crippen LogP contribution in [0.5, 0.6) is 0 Å². The molecule has 0 radical (unpaired) electrons. The van der Waals surface area contributed by atoms with Gasteiger partial charge in [-0.05, 0) is 57.5 Å². The van der Waals surface area contributed by atoms with E-state index in [2.05, 4.69) is 12.2 Å². The number of hydrogen-bond donors (Lipinski definition) is 2. The molecule has 2 nitrogen and oxygen atoms in total. The van der Waals surface area contributed by atoms with Gasteiger partial charge in [0, 0.05) is 5.54 Å². The molecule has 2 aliphatic carbocycles. The fraction of sp³-hybridized carbons (Fsp3) is 1.00. The highest BCUT2D eigenvalue weighted by Crippen LogP contribution is 2.32. The van der Waals surface area contributed by atoms with Crippen molar-refractivity contribution in [3.63, 3.8) is 0 Å². The van der Waals surface area contributed by atoms with E-state index in [4.69, 9.17) is 5.73 Å². The van der Waals surface area contributed by atoms with Gasteiger partial charge in [0.2, 0.25) is 0 Å². The Bertz CT molecular complexity index is 209. The Hall–Kier alpha value is -0.0800. The molecule has 0 aromatic carbocycles. The van der Waals surface area contributed by atoms with Crippen molar-refractivity contribution >= 4 is 0 Å². The van der Waals surface area contributed by atoms with E-state index in [-0.39, 0.29) is 0 Å². The Kier molecular flexibility index (Phi) is 4.26. The van der Waals surface area contributed by atoms with Gasteiger partial charge < -0.3 is 11.1 Å². The van der Waals surface area contributed by atoms with E-state index in [1.165, 1.54) is 57.9 Å². The van der Waals surface area contributed by atoms with E-state index in [1.807, 2.05) is 0 Å². The van der Waals surface area contributed by atoms with Crippen LogP contribution >= 0.6 is 0 Å². The van der Waals surface area contributed by atoms with Crippen LogP contribution in [0.3, 0.4) is 0 Å². The van der Waals surface area contributed by atoms with Gasteiger partial charge in [0.05, 0.1) is 0 Å². The quantitative estimate of drug-likeness (QED) is 0.770. The smallest absolute Gasteiger partial charge is 0.0153 e. The maximum absolute atomic E-state index is 5.88. The second-order valence-corrected chi connectivity index (χ2v) is 6.19. The lowest BCUT2D eigenvalue weighted by molar-refractivity contribution is 0.212. The first-order chi connectivity index (χ1) is 7.73. The summed E-state index contributed by atoms with van der Waals surface area (Å²) in [5, 5.41) is 3.84. The molecule has 2 fully saturated rings. The fourth-order valence-electron chi connectivity index (χ4n) is 3.57. The molecule has 0 saturated heterocycles. The molecular formula is C14H28N2. The van der Waals surface area contributed by atoms with Gasteiger partial charge in [-0.25, -0.2) is 0 Å². The maximum atomic E-state index is 5.88.